The first-order valence-corrected chi connectivity index (χ1v) is 11.3. The average molecular weight is 411 g/mol. The van der Waals surface area contributed by atoms with Crippen LogP contribution in [0.1, 0.15) is 30.7 Å². The van der Waals surface area contributed by atoms with Gasteiger partial charge in [-0.25, -0.2) is 0 Å². The predicted octanol–water partition coefficient (Wildman–Crippen LogP) is 4.71. The molecule has 7 heteroatoms. The molecule has 26 heavy (non-hydrogen) atoms. The molecule has 0 saturated carbocycles. The monoisotopic (exact) mass is 410 g/mol. The summed E-state index contributed by atoms with van der Waals surface area (Å²) in [5.41, 5.74) is 3.13. The lowest BCUT2D eigenvalue weighted by molar-refractivity contribution is -0.668. The van der Waals surface area contributed by atoms with Gasteiger partial charge in [-0.05, 0) is 36.5 Å². The van der Waals surface area contributed by atoms with Crippen LogP contribution < -0.4 is 4.57 Å². The molecule has 1 aliphatic carbocycles. The third-order valence-electron chi connectivity index (χ3n) is 4.36. The Bertz CT molecular complexity index is 1000. The van der Waals surface area contributed by atoms with E-state index in [9.17, 15) is 8.42 Å². The lowest BCUT2D eigenvalue weighted by atomic mass is 9.96. The number of hydrogen-bond acceptors (Lipinski definition) is 3. The van der Waals surface area contributed by atoms with Gasteiger partial charge in [-0.15, -0.1) is 0 Å². The molecule has 1 heterocycles. The van der Waals surface area contributed by atoms with Crippen LogP contribution in [0.5, 0.6) is 0 Å². The van der Waals surface area contributed by atoms with Crippen molar-refractivity contribution < 1.29 is 17.5 Å². The molecule has 0 atom stereocenters. The maximum Gasteiger partial charge on any atom is 0.265 e. The minimum atomic E-state index is -3.95. The molecule has 0 radical (unpaired) electrons. The number of hydrogen-bond donors (Lipinski definition) is 1. The second-order valence-corrected chi connectivity index (χ2v) is 9.34. The van der Waals surface area contributed by atoms with Crippen LogP contribution in [-0.4, -0.2) is 18.7 Å². The van der Waals surface area contributed by atoms with Crippen molar-refractivity contribution >= 4 is 49.3 Å². The van der Waals surface area contributed by atoms with Gasteiger partial charge in [0.25, 0.3) is 15.1 Å². The second kappa shape index (κ2) is 8.05. The molecule has 138 valence electrons. The van der Waals surface area contributed by atoms with Crippen molar-refractivity contribution in [1.29, 1.82) is 0 Å². The zero-order chi connectivity index (χ0) is 18.7. The van der Waals surface area contributed by atoms with Crippen LogP contribution >= 0.6 is 22.9 Å². The highest BCUT2D eigenvalue weighted by Crippen LogP contribution is 2.32. The maximum absolute atomic E-state index is 11.0. The first-order valence-electron chi connectivity index (χ1n) is 8.46. The summed E-state index contributed by atoms with van der Waals surface area (Å²) in [7, 11) is -3.95. The third-order valence-corrected chi connectivity index (χ3v) is 6.81. The highest BCUT2D eigenvalue weighted by molar-refractivity contribution is 7.85. The van der Waals surface area contributed by atoms with Gasteiger partial charge in [-0.3, -0.25) is 4.55 Å². The van der Waals surface area contributed by atoms with Crippen molar-refractivity contribution in [2.45, 2.75) is 32.2 Å². The largest absolute Gasteiger partial charge is 0.286 e. The summed E-state index contributed by atoms with van der Waals surface area (Å²) in [5, 5.41) is 1.78. The maximum atomic E-state index is 11.0. The van der Waals surface area contributed by atoms with Crippen LogP contribution in [0, 0.1) is 0 Å². The van der Waals surface area contributed by atoms with Crippen LogP contribution in [0.2, 0.25) is 0 Å². The van der Waals surface area contributed by atoms with Crippen LogP contribution in [0.4, 0.5) is 0 Å². The van der Waals surface area contributed by atoms with Gasteiger partial charge in [0.2, 0.25) is 5.52 Å². The van der Waals surface area contributed by atoms with Gasteiger partial charge in [0.05, 0.1) is 5.75 Å². The molecule has 0 fully saturated rings. The van der Waals surface area contributed by atoms with E-state index in [0.29, 0.717) is 13.0 Å². The highest BCUT2D eigenvalue weighted by atomic mass is 35.5. The number of aromatic nitrogens is 1. The normalized spacial score (nSPS) is 16.2. The molecule has 0 amide bonds. The number of fused-ring (bicyclic) bond motifs is 1. The Morgan fingerprint density at radius 2 is 2.04 bits per heavy atom. The number of aryl methyl sites for hydroxylation is 1. The van der Waals surface area contributed by atoms with Crippen LogP contribution in [0.25, 0.3) is 16.3 Å². The minimum Gasteiger partial charge on any atom is -0.286 e. The Morgan fingerprint density at radius 1 is 1.27 bits per heavy atom. The first-order chi connectivity index (χ1) is 12.3. The van der Waals surface area contributed by atoms with E-state index in [1.54, 1.807) is 11.3 Å². The lowest BCUT2D eigenvalue weighted by Gasteiger charge is -2.15. The van der Waals surface area contributed by atoms with Crippen LogP contribution in [0.3, 0.4) is 0 Å². The van der Waals surface area contributed by atoms with Crippen molar-refractivity contribution in [1.82, 2.24) is 0 Å². The number of nitrogens with zero attached hydrogens (tertiary/aromatic N) is 1. The molecule has 0 aliphatic heterocycles. The molecule has 1 aromatic heterocycles. The van der Waals surface area contributed by atoms with E-state index in [4.69, 9.17) is 16.2 Å². The molecule has 4 nitrogen and oxygen atoms in total. The molecule has 0 spiro atoms. The van der Waals surface area contributed by atoms with Gasteiger partial charge in [0.15, 0.2) is 6.54 Å². The fraction of sp³-hybridized carbons (Fsp3) is 0.316. The fourth-order valence-electron chi connectivity index (χ4n) is 3.08. The summed E-state index contributed by atoms with van der Waals surface area (Å²) in [6.45, 7) is 4.53. The third kappa shape index (κ3) is 4.62. The molecule has 0 saturated heterocycles. The highest BCUT2D eigenvalue weighted by Gasteiger charge is 2.20. The van der Waals surface area contributed by atoms with E-state index in [2.05, 4.69) is 11.1 Å². The predicted molar refractivity (Wildman–Crippen MR) is 108 cm³/mol. The number of benzene rings is 1. The van der Waals surface area contributed by atoms with E-state index >= 15 is 0 Å². The van der Waals surface area contributed by atoms with Crippen LogP contribution in [-0.2, 0) is 16.7 Å². The van der Waals surface area contributed by atoms with Gasteiger partial charge in [-0.2, -0.15) is 13.0 Å². The number of rotatable bonds is 6. The molecule has 3 rings (SSSR count). The quantitative estimate of drug-likeness (QED) is 0.554. The van der Waals surface area contributed by atoms with Crippen LogP contribution in [0.15, 0.2) is 53.1 Å². The minimum absolute atomic E-state index is 0.246. The van der Waals surface area contributed by atoms with Gasteiger partial charge in [0.1, 0.15) is 4.70 Å². The molecule has 1 N–H and O–H groups in total. The summed E-state index contributed by atoms with van der Waals surface area (Å²) in [6.07, 6.45) is 7.35. The molecule has 2 aromatic rings. The van der Waals surface area contributed by atoms with Crippen molar-refractivity contribution in [3.8, 4) is 0 Å². The van der Waals surface area contributed by atoms with Crippen molar-refractivity contribution in [3.05, 3.63) is 58.1 Å². The SMILES string of the molecule is C=C1CCCC(/C=C/c2sc3ccccc3[n+]2CCCS(=O)(=O)O)=C1Cl. The summed E-state index contributed by atoms with van der Waals surface area (Å²) in [6, 6.07) is 8.02. The Hall–Kier alpha value is -1.47. The molecule has 1 aliphatic rings. The fourth-order valence-corrected chi connectivity index (χ4v) is 4.92. The van der Waals surface area contributed by atoms with Crippen molar-refractivity contribution in [3.63, 3.8) is 0 Å². The molecular weight excluding hydrogens is 390 g/mol. The van der Waals surface area contributed by atoms with Gasteiger partial charge in [0, 0.05) is 23.6 Å². The Morgan fingerprint density at radius 3 is 2.81 bits per heavy atom. The summed E-state index contributed by atoms with van der Waals surface area (Å²) < 4.78 is 34.2. The number of halogens is 1. The Labute approximate surface area is 162 Å². The van der Waals surface area contributed by atoms with E-state index in [1.165, 1.54) is 0 Å². The zero-order valence-electron chi connectivity index (χ0n) is 14.3. The number of para-hydroxylation sites is 1. The zero-order valence-corrected chi connectivity index (χ0v) is 16.7. The summed E-state index contributed by atoms with van der Waals surface area (Å²) in [4.78, 5) is 0. The number of allylic oxidation sites excluding steroid dienone is 4. The Kier molecular flexibility index (Phi) is 5.97. The van der Waals surface area contributed by atoms with Gasteiger partial charge in [-0.1, -0.05) is 47.7 Å². The van der Waals surface area contributed by atoms with Gasteiger partial charge >= 0.3 is 0 Å². The molecule has 1 aromatic carbocycles. The standard InChI is InChI=1S/C19H20ClNO3S2/c1-14-6-4-7-15(19(14)20)10-11-18-21(12-5-13-26(22,23)24)16-8-2-3-9-17(16)25-18/h2-3,8-11H,1,4-7,12-13H2/p+1/b11-10+. The topological polar surface area (TPSA) is 58.2 Å². The molecular formula is C19H21ClNO3S2+. The van der Waals surface area contributed by atoms with Gasteiger partial charge < -0.3 is 0 Å². The second-order valence-electron chi connectivity index (χ2n) is 6.33. The van der Waals surface area contributed by atoms with E-state index in [0.717, 1.165) is 50.7 Å². The van der Waals surface area contributed by atoms with Crippen molar-refractivity contribution in [2.75, 3.05) is 5.75 Å². The molecule has 0 bridgehead atoms. The smallest absolute Gasteiger partial charge is 0.265 e. The first kappa shape index (κ1) is 19.3. The average Bonchev–Trinajstić information content (AvgIpc) is 2.93. The lowest BCUT2D eigenvalue weighted by Crippen LogP contribution is -2.35. The van der Waals surface area contributed by atoms with E-state index in [1.807, 2.05) is 36.4 Å². The van der Waals surface area contributed by atoms with E-state index < -0.39 is 10.1 Å². The number of thiazole rings is 1. The summed E-state index contributed by atoms with van der Waals surface area (Å²) in [5.74, 6) is -0.246. The molecule has 0 unspecified atom stereocenters. The Balaban J connectivity index is 1.92. The van der Waals surface area contributed by atoms with Crippen molar-refractivity contribution in [2.24, 2.45) is 0 Å². The van der Waals surface area contributed by atoms with E-state index in [-0.39, 0.29) is 5.75 Å². The summed E-state index contributed by atoms with van der Waals surface area (Å²) >= 11 is 8.03.